The molecule has 0 heterocycles. The SMILES string of the molecule is CCOC(=O)c1cccc(NC(=O)[C@@H](C)Oc2ccccc2C)c1. The average molecular weight is 327 g/mol. The molecule has 1 amide bonds. The van der Waals surface area contributed by atoms with E-state index in [-0.39, 0.29) is 5.91 Å². The molecule has 0 spiro atoms. The van der Waals surface area contributed by atoms with Gasteiger partial charge in [-0.25, -0.2) is 4.79 Å². The van der Waals surface area contributed by atoms with Crippen molar-refractivity contribution in [3.63, 3.8) is 0 Å². The Labute approximate surface area is 141 Å². The third kappa shape index (κ3) is 4.59. The second-order valence-electron chi connectivity index (χ2n) is 5.32. The zero-order valence-corrected chi connectivity index (χ0v) is 14.0. The van der Waals surface area contributed by atoms with E-state index in [0.29, 0.717) is 23.6 Å². The third-order valence-electron chi connectivity index (χ3n) is 3.41. The molecule has 5 nitrogen and oxygen atoms in total. The first-order valence-corrected chi connectivity index (χ1v) is 7.81. The van der Waals surface area contributed by atoms with E-state index in [1.54, 1.807) is 38.1 Å². The fraction of sp³-hybridized carbons (Fsp3) is 0.263. The van der Waals surface area contributed by atoms with Crippen molar-refractivity contribution in [1.29, 1.82) is 0 Å². The lowest BCUT2D eigenvalue weighted by molar-refractivity contribution is -0.122. The summed E-state index contributed by atoms with van der Waals surface area (Å²) in [6.45, 7) is 5.64. The molecule has 2 rings (SSSR count). The molecular formula is C19H21NO4. The number of esters is 1. The Morgan fingerprint density at radius 3 is 2.58 bits per heavy atom. The lowest BCUT2D eigenvalue weighted by Crippen LogP contribution is -2.30. The highest BCUT2D eigenvalue weighted by molar-refractivity contribution is 5.96. The number of hydrogen-bond acceptors (Lipinski definition) is 4. The Morgan fingerprint density at radius 1 is 1.12 bits per heavy atom. The van der Waals surface area contributed by atoms with Gasteiger partial charge in [0.05, 0.1) is 12.2 Å². The van der Waals surface area contributed by atoms with Crippen molar-refractivity contribution in [2.24, 2.45) is 0 Å². The lowest BCUT2D eigenvalue weighted by Gasteiger charge is -2.16. The number of aryl methyl sites for hydroxylation is 1. The molecule has 0 saturated heterocycles. The summed E-state index contributed by atoms with van der Waals surface area (Å²) in [6.07, 6.45) is -0.669. The number of ether oxygens (including phenoxy) is 2. The predicted octanol–water partition coefficient (Wildman–Crippen LogP) is 3.58. The van der Waals surface area contributed by atoms with Crippen molar-refractivity contribution < 1.29 is 19.1 Å². The second-order valence-corrected chi connectivity index (χ2v) is 5.32. The highest BCUT2D eigenvalue weighted by Gasteiger charge is 2.16. The maximum absolute atomic E-state index is 12.3. The summed E-state index contributed by atoms with van der Waals surface area (Å²) >= 11 is 0. The topological polar surface area (TPSA) is 64.6 Å². The Hall–Kier alpha value is -2.82. The number of para-hydroxylation sites is 1. The van der Waals surface area contributed by atoms with E-state index in [0.717, 1.165) is 5.56 Å². The molecule has 24 heavy (non-hydrogen) atoms. The minimum Gasteiger partial charge on any atom is -0.481 e. The highest BCUT2D eigenvalue weighted by atomic mass is 16.5. The minimum absolute atomic E-state index is 0.292. The van der Waals surface area contributed by atoms with Crippen LogP contribution < -0.4 is 10.1 Å². The minimum atomic E-state index is -0.669. The number of hydrogen-bond donors (Lipinski definition) is 1. The van der Waals surface area contributed by atoms with Crippen LogP contribution in [-0.2, 0) is 9.53 Å². The van der Waals surface area contributed by atoms with Gasteiger partial charge in [0.25, 0.3) is 5.91 Å². The maximum atomic E-state index is 12.3. The summed E-state index contributed by atoms with van der Waals surface area (Å²) in [5.41, 5.74) is 1.87. The van der Waals surface area contributed by atoms with Gasteiger partial charge in [0, 0.05) is 5.69 Å². The van der Waals surface area contributed by atoms with E-state index in [4.69, 9.17) is 9.47 Å². The van der Waals surface area contributed by atoms with Gasteiger partial charge in [-0.1, -0.05) is 24.3 Å². The van der Waals surface area contributed by atoms with Crippen LogP contribution in [0.2, 0.25) is 0 Å². The molecule has 1 N–H and O–H groups in total. The van der Waals surface area contributed by atoms with E-state index in [1.165, 1.54) is 0 Å². The zero-order chi connectivity index (χ0) is 17.5. The van der Waals surface area contributed by atoms with Crippen LogP contribution in [0.25, 0.3) is 0 Å². The van der Waals surface area contributed by atoms with E-state index in [9.17, 15) is 9.59 Å². The molecule has 2 aromatic carbocycles. The number of benzene rings is 2. The molecule has 2 aromatic rings. The molecule has 0 aliphatic heterocycles. The van der Waals surface area contributed by atoms with E-state index >= 15 is 0 Å². The molecule has 0 saturated carbocycles. The molecule has 0 radical (unpaired) electrons. The molecule has 0 bridgehead atoms. The van der Waals surface area contributed by atoms with Crippen molar-refractivity contribution in [3.05, 3.63) is 59.7 Å². The van der Waals surface area contributed by atoms with Gasteiger partial charge < -0.3 is 14.8 Å². The number of rotatable bonds is 6. The van der Waals surface area contributed by atoms with Gasteiger partial charge in [0.1, 0.15) is 5.75 Å². The van der Waals surface area contributed by atoms with Gasteiger partial charge in [-0.05, 0) is 50.6 Å². The molecular weight excluding hydrogens is 306 g/mol. The molecule has 126 valence electrons. The van der Waals surface area contributed by atoms with Crippen LogP contribution in [0.4, 0.5) is 5.69 Å². The number of nitrogens with one attached hydrogen (secondary N) is 1. The quantitative estimate of drug-likeness (QED) is 0.824. The smallest absolute Gasteiger partial charge is 0.338 e. The molecule has 5 heteroatoms. The summed E-state index contributed by atoms with van der Waals surface area (Å²) in [4.78, 5) is 24.0. The molecule has 0 aliphatic carbocycles. The van der Waals surface area contributed by atoms with E-state index in [1.807, 2.05) is 31.2 Å². The van der Waals surface area contributed by atoms with E-state index in [2.05, 4.69) is 5.32 Å². The van der Waals surface area contributed by atoms with Crippen molar-refractivity contribution in [1.82, 2.24) is 0 Å². The normalized spacial score (nSPS) is 11.5. The second kappa shape index (κ2) is 8.15. The maximum Gasteiger partial charge on any atom is 0.338 e. The number of amides is 1. The summed E-state index contributed by atoms with van der Waals surface area (Å²) in [5.74, 6) is -0.0440. The zero-order valence-electron chi connectivity index (χ0n) is 14.0. The highest BCUT2D eigenvalue weighted by Crippen LogP contribution is 2.19. The third-order valence-corrected chi connectivity index (χ3v) is 3.41. The standard InChI is InChI=1S/C19H21NO4/c1-4-23-19(22)15-9-7-10-16(12-15)20-18(21)14(3)24-17-11-6-5-8-13(17)2/h5-12,14H,4H2,1-3H3,(H,20,21)/t14-/m1/s1. The Bertz CT molecular complexity index is 727. The molecule has 0 aliphatic rings. The van der Waals surface area contributed by atoms with Crippen LogP contribution in [-0.4, -0.2) is 24.6 Å². The average Bonchev–Trinajstić information content (AvgIpc) is 2.57. The Balaban J connectivity index is 2.02. The molecule has 0 fully saturated rings. The summed E-state index contributed by atoms with van der Waals surface area (Å²) < 4.78 is 10.6. The van der Waals surface area contributed by atoms with Crippen LogP contribution in [0.5, 0.6) is 5.75 Å². The largest absolute Gasteiger partial charge is 0.481 e. The number of anilines is 1. The molecule has 0 aromatic heterocycles. The van der Waals surface area contributed by atoms with Crippen LogP contribution in [0.3, 0.4) is 0 Å². The fourth-order valence-electron chi connectivity index (χ4n) is 2.11. The summed E-state index contributed by atoms with van der Waals surface area (Å²) in [7, 11) is 0. The van der Waals surface area contributed by atoms with E-state index < -0.39 is 12.1 Å². The van der Waals surface area contributed by atoms with Gasteiger partial charge in [0.15, 0.2) is 6.10 Å². The van der Waals surface area contributed by atoms with Crippen molar-refractivity contribution in [2.45, 2.75) is 26.9 Å². The first-order valence-electron chi connectivity index (χ1n) is 7.81. The van der Waals surface area contributed by atoms with Gasteiger partial charge in [-0.3, -0.25) is 4.79 Å². The molecule has 1 atom stereocenters. The van der Waals surface area contributed by atoms with Crippen LogP contribution in [0.1, 0.15) is 29.8 Å². The van der Waals surface area contributed by atoms with Gasteiger partial charge >= 0.3 is 5.97 Å². The molecule has 0 unspecified atom stereocenters. The van der Waals surface area contributed by atoms with Crippen molar-refractivity contribution in [3.8, 4) is 5.75 Å². The number of carbonyl (C=O) groups is 2. The predicted molar refractivity (Wildman–Crippen MR) is 92.3 cm³/mol. The monoisotopic (exact) mass is 327 g/mol. The summed E-state index contributed by atoms with van der Waals surface area (Å²) in [6, 6.07) is 14.1. The summed E-state index contributed by atoms with van der Waals surface area (Å²) in [5, 5.41) is 2.75. The van der Waals surface area contributed by atoms with Gasteiger partial charge in [0.2, 0.25) is 0 Å². The Kier molecular flexibility index (Phi) is 5.95. The van der Waals surface area contributed by atoms with Crippen LogP contribution in [0, 0.1) is 6.92 Å². The first kappa shape index (κ1) is 17.5. The number of carbonyl (C=O) groups excluding carboxylic acids is 2. The fourth-order valence-corrected chi connectivity index (χ4v) is 2.11. The first-order chi connectivity index (χ1) is 11.5. The van der Waals surface area contributed by atoms with Gasteiger partial charge in [-0.15, -0.1) is 0 Å². The van der Waals surface area contributed by atoms with Crippen LogP contribution >= 0.6 is 0 Å². The Morgan fingerprint density at radius 2 is 1.88 bits per heavy atom. The van der Waals surface area contributed by atoms with Crippen molar-refractivity contribution >= 4 is 17.6 Å². The lowest BCUT2D eigenvalue weighted by atomic mass is 10.2. The van der Waals surface area contributed by atoms with Crippen LogP contribution in [0.15, 0.2) is 48.5 Å². The van der Waals surface area contributed by atoms with Gasteiger partial charge in [-0.2, -0.15) is 0 Å². The van der Waals surface area contributed by atoms with Crippen molar-refractivity contribution in [2.75, 3.05) is 11.9 Å².